The van der Waals surface area contributed by atoms with Gasteiger partial charge in [0.25, 0.3) is 0 Å². The van der Waals surface area contributed by atoms with Gasteiger partial charge in [-0.05, 0) is 44.8 Å². The molecule has 0 aliphatic carbocycles. The summed E-state index contributed by atoms with van der Waals surface area (Å²) in [6.07, 6.45) is 1.68. The number of amides is 2. The number of nitrogens with one attached hydrogen (secondary N) is 2. The van der Waals surface area contributed by atoms with Crippen LogP contribution in [0.3, 0.4) is 0 Å². The minimum atomic E-state index is -0.243. The van der Waals surface area contributed by atoms with Crippen LogP contribution in [0, 0.1) is 6.92 Å². The van der Waals surface area contributed by atoms with E-state index in [1.54, 1.807) is 12.3 Å². The minimum absolute atomic E-state index is 0.135. The number of likely N-dealkylation sites (N-methyl/N-ethyl adjacent to an activating group) is 1. The summed E-state index contributed by atoms with van der Waals surface area (Å²) in [5, 5.41) is 6.49. The first-order valence-corrected chi connectivity index (χ1v) is 8.05. The predicted octanol–water partition coefficient (Wildman–Crippen LogP) is 2.54. The number of nitrogens with zero attached hydrogens (tertiary/aromatic N) is 3. The van der Waals surface area contributed by atoms with Crippen LogP contribution in [0.4, 0.5) is 4.79 Å². The highest BCUT2D eigenvalue weighted by Gasteiger charge is 2.15. The highest BCUT2D eigenvalue weighted by atomic mass is 35.5. The molecule has 0 fully saturated rings. The molecule has 128 valence electrons. The lowest BCUT2D eigenvalue weighted by Gasteiger charge is -2.23. The highest BCUT2D eigenvalue weighted by Crippen LogP contribution is 2.17. The number of carbonyl (C=O) groups is 1. The van der Waals surface area contributed by atoms with E-state index < -0.39 is 0 Å². The van der Waals surface area contributed by atoms with Crippen LogP contribution in [0.15, 0.2) is 36.5 Å². The molecular weight excluding hydrogens is 326 g/mol. The second kappa shape index (κ2) is 8.61. The molecule has 2 amide bonds. The molecular formula is C17H22ClN5O. The Kier molecular flexibility index (Phi) is 6.52. The van der Waals surface area contributed by atoms with Gasteiger partial charge in [0.15, 0.2) is 0 Å². The highest BCUT2D eigenvalue weighted by molar-refractivity contribution is 6.30. The van der Waals surface area contributed by atoms with Crippen molar-refractivity contribution in [2.24, 2.45) is 0 Å². The fraction of sp³-hybridized carbons (Fsp3) is 0.353. The Morgan fingerprint density at radius 3 is 2.58 bits per heavy atom. The van der Waals surface area contributed by atoms with E-state index in [2.05, 4.69) is 20.6 Å². The van der Waals surface area contributed by atoms with Crippen LogP contribution >= 0.6 is 11.6 Å². The molecule has 1 heterocycles. The first-order valence-electron chi connectivity index (χ1n) is 7.67. The Balaban J connectivity index is 1.97. The summed E-state index contributed by atoms with van der Waals surface area (Å²) in [6, 6.07) is 8.89. The number of hydrogen-bond acceptors (Lipinski definition) is 4. The first kappa shape index (κ1) is 18.2. The van der Waals surface area contributed by atoms with Crippen molar-refractivity contribution in [1.82, 2.24) is 25.5 Å². The number of hydrogen-bond donors (Lipinski definition) is 2. The van der Waals surface area contributed by atoms with Crippen molar-refractivity contribution in [2.75, 3.05) is 20.6 Å². The first-order chi connectivity index (χ1) is 11.4. The van der Waals surface area contributed by atoms with Gasteiger partial charge in [0, 0.05) is 17.8 Å². The van der Waals surface area contributed by atoms with E-state index >= 15 is 0 Å². The Morgan fingerprint density at radius 1 is 1.25 bits per heavy atom. The van der Waals surface area contributed by atoms with Crippen molar-refractivity contribution in [3.05, 3.63) is 58.6 Å². The topological polar surface area (TPSA) is 70.2 Å². The van der Waals surface area contributed by atoms with Crippen LogP contribution in [0.1, 0.15) is 23.1 Å². The van der Waals surface area contributed by atoms with Crippen LogP contribution in [0.5, 0.6) is 0 Å². The largest absolute Gasteiger partial charge is 0.332 e. The molecule has 0 aliphatic heterocycles. The maximum atomic E-state index is 12.2. The Bertz CT molecular complexity index is 675. The Hall–Kier alpha value is -2.18. The number of aryl methyl sites for hydroxylation is 1. The Labute approximate surface area is 147 Å². The second-order valence-electron chi connectivity index (χ2n) is 5.79. The Morgan fingerprint density at radius 2 is 1.96 bits per heavy atom. The molecule has 0 aliphatic rings. The summed E-state index contributed by atoms with van der Waals surface area (Å²) in [7, 11) is 3.93. The zero-order valence-corrected chi connectivity index (χ0v) is 14.8. The quantitative estimate of drug-likeness (QED) is 0.842. The van der Waals surface area contributed by atoms with Crippen molar-refractivity contribution in [1.29, 1.82) is 0 Å². The molecule has 1 aromatic carbocycles. The standard InChI is InChI=1S/C17H22ClN5O/c1-12-19-9-8-15(21-12)10-20-17(24)22-16(11-23(2)3)13-4-6-14(18)7-5-13/h4-9,16H,10-11H2,1-3H3,(H2,20,22,24)/t16-/m1/s1. The van der Waals surface area contributed by atoms with Crippen LogP contribution < -0.4 is 10.6 Å². The van der Waals surface area contributed by atoms with E-state index in [4.69, 9.17) is 11.6 Å². The van der Waals surface area contributed by atoms with Crippen LogP contribution in [-0.2, 0) is 6.54 Å². The summed E-state index contributed by atoms with van der Waals surface area (Å²) >= 11 is 5.94. The van der Waals surface area contributed by atoms with Crippen molar-refractivity contribution in [2.45, 2.75) is 19.5 Å². The van der Waals surface area contributed by atoms with E-state index in [-0.39, 0.29) is 12.1 Å². The zero-order chi connectivity index (χ0) is 17.5. The lowest BCUT2D eigenvalue weighted by Crippen LogP contribution is -2.41. The van der Waals surface area contributed by atoms with Crippen molar-refractivity contribution < 1.29 is 4.79 Å². The molecule has 1 aromatic heterocycles. The molecule has 0 saturated heterocycles. The molecule has 2 N–H and O–H groups in total. The van der Waals surface area contributed by atoms with Gasteiger partial charge in [-0.15, -0.1) is 0 Å². The van der Waals surface area contributed by atoms with Gasteiger partial charge in [-0.2, -0.15) is 0 Å². The van der Waals surface area contributed by atoms with Gasteiger partial charge in [-0.25, -0.2) is 14.8 Å². The summed E-state index contributed by atoms with van der Waals surface area (Å²) in [6.45, 7) is 2.85. The van der Waals surface area contributed by atoms with Crippen LogP contribution in [0.2, 0.25) is 5.02 Å². The molecule has 2 aromatic rings. The molecule has 0 spiro atoms. The summed E-state index contributed by atoms with van der Waals surface area (Å²) in [4.78, 5) is 22.5. The van der Waals surface area contributed by atoms with Gasteiger partial charge in [0.05, 0.1) is 18.3 Å². The van der Waals surface area contributed by atoms with Crippen molar-refractivity contribution in [3.63, 3.8) is 0 Å². The average molecular weight is 348 g/mol. The van der Waals surface area contributed by atoms with E-state index in [0.29, 0.717) is 23.9 Å². The van der Waals surface area contributed by atoms with Gasteiger partial charge in [0.1, 0.15) is 5.82 Å². The number of urea groups is 1. The second-order valence-corrected chi connectivity index (χ2v) is 6.23. The average Bonchev–Trinajstić information content (AvgIpc) is 2.53. The number of rotatable bonds is 6. The monoisotopic (exact) mass is 347 g/mol. The molecule has 1 atom stereocenters. The molecule has 0 unspecified atom stereocenters. The number of carbonyl (C=O) groups excluding carboxylic acids is 1. The maximum absolute atomic E-state index is 12.2. The molecule has 0 bridgehead atoms. The molecule has 7 heteroatoms. The maximum Gasteiger partial charge on any atom is 0.315 e. The van der Waals surface area contributed by atoms with Gasteiger partial charge in [-0.1, -0.05) is 23.7 Å². The van der Waals surface area contributed by atoms with Gasteiger partial charge >= 0.3 is 6.03 Å². The summed E-state index contributed by atoms with van der Waals surface area (Å²) in [5.41, 5.74) is 1.77. The summed E-state index contributed by atoms with van der Waals surface area (Å²) < 4.78 is 0. The normalized spacial score (nSPS) is 12.0. The summed E-state index contributed by atoms with van der Waals surface area (Å²) in [5.74, 6) is 0.682. The third-order valence-corrected chi connectivity index (χ3v) is 3.64. The molecule has 0 radical (unpaired) electrons. The lowest BCUT2D eigenvalue weighted by molar-refractivity contribution is 0.232. The zero-order valence-electron chi connectivity index (χ0n) is 14.1. The predicted molar refractivity (Wildman–Crippen MR) is 94.9 cm³/mol. The molecule has 6 nitrogen and oxygen atoms in total. The lowest BCUT2D eigenvalue weighted by atomic mass is 10.1. The third kappa shape index (κ3) is 5.79. The molecule has 24 heavy (non-hydrogen) atoms. The van der Waals surface area contributed by atoms with Gasteiger partial charge < -0.3 is 15.5 Å². The fourth-order valence-corrected chi connectivity index (χ4v) is 2.40. The van der Waals surface area contributed by atoms with Gasteiger partial charge in [0.2, 0.25) is 0 Å². The minimum Gasteiger partial charge on any atom is -0.332 e. The number of benzene rings is 1. The van der Waals surface area contributed by atoms with E-state index in [1.165, 1.54) is 0 Å². The number of aromatic nitrogens is 2. The third-order valence-electron chi connectivity index (χ3n) is 3.39. The fourth-order valence-electron chi connectivity index (χ4n) is 2.28. The number of halogens is 1. The van der Waals surface area contributed by atoms with E-state index in [1.807, 2.05) is 50.2 Å². The van der Waals surface area contributed by atoms with Crippen LogP contribution in [0.25, 0.3) is 0 Å². The molecule has 0 saturated carbocycles. The SMILES string of the molecule is Cc1nccc(CNC(=O)N[C@H](CN(C)C)c2ccc(Cl)cc2)n1. The molecule has 2 rings (SSSR count). The van der Waals surface area contributed by atoms with Crippen molar-refractivity contribution in [3.8, 4) is 0 Å². The van der Waals surface area contributed by atoms with E-state index in [0.717, 1.165) is 11.3 Å². The van der Waals surface area contributed by atoms with Crippen LogP contribution in [-0.4, -0.2) is 41.5 Å². The van der Waals surface area contributed by atoms with Crippen molar-refractivity contribution >= 4 is 17.6 Å². The smallest absolute Gasteiger partial charge is 0.315 e. The van der Waals surface area contributed by atoms with E-state index in [9.17, 15) is 4.79 Å². The van der Waals surface area contributed by atoms with Gasteiger partial charge in [-0.3, -0.25) is 0 Å².